The van der Waals surface area contributed by atoms with Gasteiger partial charge in [-0.2, -0.15) is 0 Å². The first kappa shape index (κ1) is 7.14. The highest BCUT2D eigenvalue weighted by atomic mass is 14.9. The molecule has 78 valence electrons. The molecule has 0 aromatic rings. The van der Waals surface area contributed by atoms with Gasteiger partial charge in [0.25, 0.3) is 0 Å². The van der Waals surface area contributed by atoms with Gasteiger partial charge in [-0.1, -0.05) is 11.1 Å². The third-order valence-corrected chi connectivity index (χ3v) is 7.70. The third-order valence-electron chi connectivity index (χ3n) is 7.70. The summed E-state index contributed by atoms with van der Waals surface area (Å²) in [6.07, 6.45) is 1.67. The van der Waals surface area contributed by atoms with Crippen molar-refractivity contribution >= 4 is 0 Å². The molecule has 0 aromatic heterocycles. The topological polar surface area (TPSA) is 0 Å². The Morgan fingerprint density at radius 3 is 1.80 bits per heavy atom. The molecule has 0 radical (unpaired) electrons. The molecule has 7 aliphatic rings. The lowest BCUT2D eigenvalue weighted by molar-refractivity contribution is 0.0202. The molecule has 0 nitrogen and oxygen atoms in total. The highest BCUT2D eigenvalue weighted by molar-refractivity contribution is 5.46. The van der Waals surface area contributed by atoms with E-state index in [0.29, 0.717) is 0 Å². The molecule has 0 aromatic carbocycles. The van der Waals surface area contributed by atoms with Gasteiger partial charge in [0.15, 0.2) is 0 Å². The summed E-state index contributed by atoms with van der Waals surface area (Å²) >= 11 is 0. The molecule has 7 saturated carbocycles. The quantitative estimate of drug-likeness (QED) is 0.525. The second kappa shape index (κ2) is 1.65. The fraction of sp³-hybridized carbons (Fsp3) is 0.867. The molecule has 4 bridgehead atoms. The average Bonchev–Trinajstić information content (AvgIpc) is 2.70. The minimum Gasteiger partial charge on any atom is -0.0766 e. The van der Waals surface area contributed by atoms with Gasteiger partial charge in [0.05, 0.1) is 0 Å². The molecule has 7 aliphatic carbocycles. The van der Waals surface area contributed by atoms with Crippen molar-refractivity contribution in [3.63, 3.8) is 0 Å². The van der Waals surface area contributed by atoms with Crippen molar-refractivity contribution in [2.24, 2.45) is 59.2 Å². The van der Waals surface area contributed by atoms with Crippen LogP contribution in [0.2, 0.25) is 0 Å². The molecule has 15 heavy (non-hydrogen) atoms. The summed E-state index contributed by atoms with van der Waals surface area (Å²) in [5, 5.41) is 0. The van der Waals surface area contributed by atoms with Crippen LogP contribution in [0.3, 0.4) is 0 Å². The fourth-order valence-corrected chi connectivity index (χ4v) is 8.25. The highest BCUT2D eigenvalue weighted by Crippen LogP contribution is 2.92. The lowest BCUT2D eigenvalue weighted by Gasteiger charge is -2.44. The van der Waals surface area contributed by atoms with Crippen LogP contribution in [-0.2, 0) is 0 Å². The second-order valence-corrected chi connectivity index (χ2v) is 7.53. The largest absolute Gasteiger partial charge is 0.0766 e. The first-order valence-electron chi connectivity index (χ1n) is 6.98. The standard InChI is InChI=1S/C15H18/c1-4(2)7-12-8-5-3-6-9(8)13(7)15-11(6)10(5)14(12)15/h5-6,8-15H,3H2,1-2H3. The molecule has 0 spiro atoms. The van der Waals surface area contributed by atoms with E-state index in [1.165, 1.54) is 47.3 Å². The van der Waals surface area contributed by atoms with Gasteiger partial charge in [-0.25, -0.2) is 0 Å². The number of hydrogen-bond donors (Lipinski definition) is 0. The number of rotatable bonds is 0. The predicted octanol–water partition coefficient (Wildman–Crippen LogP) is 2.96. The van der Waals surface area contributed by atoms with Gasteiger partial charge in [-0.15, -0.1) is 0 Å². The second-order valence-electron chi connectivity index (χ2n) is 7.53. The molecular weight excluding hydrogens is 180 g/mol. The summed E-state index contributed by atoms with van der Waals surface area (Å²) in [5.74, 6) is 12.0. The van der Waals surface area contributed by atoms with Crippen LogP contribution in [0, 0.1) is 59.2 Å². The van der Waals surface area contributed by atoms with Crippen LogP contribution in [0.4, 0.5) is 0 Å². The first-order valence-corrected chi connectivity index (χ1v) is 6.98. The summed E-state index contributed by atoms with van der Waals surface area (Å²) in [4.78, 5) is 0. The lowest BCUT2D eigenvalue weighted by Crippen LogP contribution is -2.41. The van der Waals surface area contributed by atoms with Crippen molar-refractivity contribution in [1.82, 2.24) is 0 Å². The van der Waals surface area contributed by atoms with Crippen molar-refractivity contribution < 1.29 is 0 Å². The van der Waals surface area contributed by atoms with Gasteiger partial charge >= 0.3 is 0 Å². The minimum absolute atomic E-state index is 1.12. The Bertz CT molecular complexity index is 403. The first-order chi connectivity index (χ1) is 7.30. The van der Waals surface area contributed by atoms with Crippen molar-refractivity contribution in [1.29, 1.82) is 0 Å². The van der Waals surface area contributed by atoms with E-state index in [4.69, 9.17) is 0 Å². The molecule has 0 saturated heterocycles. The van der Waals surface area contributed by atoms with E-state index < -0.39 is 0 Å². The smallest absolute Gasteiger partial charge is 0.0130 e. The summed E-state index contributed by atoms with van der Waals surface area (Å²) < 4.78 is 0. The molecule has 0 aliphatic heterocycles. The van der Waals surface area contributed by atoms with Crippen LogP contribution in [0.15, 0.2) is 11.1 Å². The van der Waals surface area contributed by atoms with E-state index in [9.17, 15) is 0 Å². The van der Waals surface area contributed by atoms with E-state index >= 15 is 0 Å². The van der Waals surface area contributed by atoms with Crippen molar-refractivity contribution in [2.75, 3.05) is 0 Å². The molecular formula is C15H18. The molecule has 0 heterocycles. The van der Waals surface area contributed by atoms with Crippen LogP contribution in [0.1, 0.15) is 20.3 Å². The van der Waals surface area contributed by atoms with Gasteiger partial charge in [-0.05, 0) is 79.4 Å². The predicted molar refractivity (Wildman–Crippen MR) is 57.9 cm³/mol. The fourth-order valence-electron chi connectivity index (χ4n) is 8.25. The SMILES string of the molecule is CC(C)=C1C2C3C4CC5C3C1C1C5C4C21. The molecule has 0 heteroatoms. The minimum atomic E-state index is 1.12. The highest BCUT2D eigenvalue weighted by Gasteiger charge is 2.87. The van der Waals surface area contributed by atoms with E-state index in [0.717, 1.165) is 11.8 Å². The van der Waals surface area contributed by atoms with Crippen molar-refractivity contribution in [2.45, 2.75) is 20.3 Å². The van der Waals surface area contributed by atoms with Gasteiger partial charge in [0, 0.05) is 0 Å². The Morgan fingerprint density at radius 2 is 1.33 bits per heavy atom. The van der Waals surface area contributed by atoms with Crippen LogP contribution in [-0.4, -0.2) is 0 Å². The number of hydrogen-bond acceptors (Lipinski definition) is 0. The maximum absolute atomic E-state index is 2.39. The van der Waals surface area contributed by atoms with Crippen molar-refractivity contribution in [3.05, 3.63) is 11.1 Å². The zero-order valence-electron chi connectivity index (χ0n) is 9.48. The van der Waals surface area contributed by atoms with Crippen LogP contribution in [0.5, 0.6) is 0 Å². The Hall–Kier alpha value is -0.260. The monoisotopic (exact) mass is 198 g/mol. The zero-order chi connectivity index (χ0) is 9.64. The maximum atomic E-state index is 2.39. The van der Waals surface area contributed by atoms with Crippen LogP contribution >= 0.6 is 0 Å². The zero-order valence-corrected chi connectivity index (χ0v) is 9.48. The normalized spacial score (nSPS) is 77.6. The Balaban J connectivity index is 1.75. The Kier molecular flexibility index (Phi) is 0.787. The summed E-state index contributed by atoms with van der Waals surface area (Å²) in [6, 6.07) is 0. The van der Waals surface area contributed by atoms with Gasteiger partial charge in [0.1, 0.15) is 0 Å². The Labute approximate surface area is 91.1 Å². The van der Waals surface area contributed by atoms with E-state index in [-0.39, 0.29) is 0 Å². The van der Waals surface area contributed by atoms with E-state index in [1.54, 1.807) is 12.0 Å². The summed E-state index contributed by atoms with van der Waals surface area (Å²) in [7, 11) is 0. The molecule has 10 unspecified atom stereocenters. The molecule has 7 fully saturated rings. The molecule has 10 atom stereocenters. The molecule has 0 amide bonds. The van der Waals surface area contributed by atoms with Crippen molar-refractivity contribution in [3.8, 4) is 0 Å². The summed E-state index contributed by atoms with van der Waals surface area (Å²) in [5.41, 5.74) is 3.71. The Morgan fingerprint density at radius 1 is 0.800 bits per heavy atom. The third kappa shape index (κ3) is 0.413. The summed E-state index contributed by atoms with van der Waals surface area (Å²) in [6.45, 7) is 4.79. The van der Waals surface area contributed by atoms with Gasteiger partial charge < -0.3 is 0 Å². The number of allylic oxidation sites excluding steroid dienone is 2. The van der Waals surface area contributed by atoms with Gasteiger partial charge in [-0.3, -0.25) is 0 Å². The van der Waals surface area contributed by atoms with Crippen LogP contribution in [0.25, 0.3) is 0 Å². The molecule has 7 rings (SSSR count). The van der Waals surface area contributed by atoms with Crippen LogP contribution < -0.4 is 0 Å². The van der Waals surface area contributed by atoms with E-state index in [1.807, 2.05) is 5.57 Å². The average molecular weight is 198 g/mol. The maximum Gasteiger partial charge on any atom is -0.0130 e. The molecule has 0 N–H and O–H groups in total. The lowest BCUT2D eigenvalue weighted by atomic mass is 9.60. The van der Waals surface area contributed by atoms with Gasteiger partial charge in [0.2, 0.25) is 0 Å². The van der Waals surface area contributed by atoms with E-state index in [2.05, 4.69) is 13.8 Å².